The SMILES string of the molecule is CCCN(CC)CCNS(=O)(=O)c1cnccc1NC. The molecule has 1 aromatic rings. The number of nitrogens with zero attached hydrogens (tertiary/aromatic N) is 2. The lowest BCUT2D eigenvalue weighted by molar-refractivity contribution is 0.293. The lowest BCUT2D eigenvalue weighted by atomic mass is 10.4. The minimum atomic E-state index is -3.52. The molecule has 0 aliphatic rings. The fraction of sp³-hybridized carbons (Fsp3) is 0.615. The van der Waals surface area contributed by atoms with Crippen LogP contribution in [0.4, 0.5) is 5.69 Å². The second-order valence-corrected chi connectivity index (χ2v) is 6.19. The van der Waals surface area contributed by atoms with Crippen LogP contribution in [-0.2, 0) is 10.0 Å². The molecule has 0 fully saturated rings. The number of aromatic nitrogens is 1. The lowest BCUT2D eigenvalue weighted by Crippen LogP contribution is -2.35. The van der Waals surface area contributed by atoms with Crippen molar-refractivity contribution in [1.29, 1.82) is 0 Å². The zero-order valence-electron chi connectivity index (χ0n) is 12.4. The van der Waals surface area contributed by atoms with Crippen LogP contribution in [0.3, 0.4) is 0 Å². The van der Waals surface area contributed by atoms with Crippen LogP contribution in [-0.4, -0.2) is 51.5 Å². The highest BCUT2D eigenvalue weighted by atomic mass is 32.2. The van der Waals surface area contributed by atoms with Crippen LogP contribution in [0, 0.1) is 0 Å². The van der Waals surface area contributed by atoms with Crippen LogP contribution in [0.15, 0.2) is 23.4 Å². The fourth-order valence-electron chi connectivity index (χ4n) is 1.96. The van der Waals surface area contributed by atoms with E-state index in [1.54, 1.807) is 19.3 Å². The second-order valence-electron chi connectivity index (χ2n) is 4.45. The van der Waals surface area contributed by atoms with Gasteiger partial charge in [-0.05, 0) is 25.6 Å². The summed E-state index contributed by atoms with van der Waals surface area (Å²) in [5.74, 6) is 0. The number of pyridine rings is 1. The number of sulfonamides is 1. The first-order valence-electron chi connectivity index (χ1n) is 6.89. The molecule has 1 rings (SSSR count). The Morgan fingerprint density at radius 1 is 1.30 bits per heavy atom. The Hall–Kier alpha value is -1.18. The molecule has 0 spiro atoms. The molecule has 0 aliphatic heterocycles. The summed E-state index contributed by atoms with van der Waals surface area (Å²) in [5.41, 5.74) is 0.549. The Labute approximate surface area is 121 Å². The Balaban J connectivity index is 2.66. The van der Waals surface area contributed by atoms with Gasteiger partial charge in [0.15, 0.2) is 0 Å². The molecular weight excluding hydrogens is 276 g/mol. The molecule has 0 unspecified atom stereocenters. The Kier molecular flexibility index (Phi) is 6.90. The van der Waals surface area contributed by atoms with Crippen molar-refractivity contribution in [3.05, 3.63) is 18.5 Å². The smallest absolute Gasteiger partial charge is 0.244 e. The van der Waals surface area contributed by atoms with Crippen molar-refractivity contribution in [2.75, 3.05) is 38.5 Å². The maximum atomic E-state index is 12.2. The molecule has 0 aromatic carbocycles. The predicted octanol–water partition coefficient (Wildman–Crippen LogP) is 1.13. The van der Waals surface area contributed by atoms with Crippen molar-refractivity contribution < 1.29 is 8.42 Å². The highest BCUT2D eigenvalue weighted by molar-refractivity contribution is 7.89. The first-order chi connectivity index (χ1) is 9.55. The quantitative estimate of drug-likeness (QED) is 0.715. The number of hydrogen-bond acceptors (Lipinski definition) is 5. The van der Waals surface area contributed by atoms with Crippen LogP contribution >= 0.6 is 0 Å². The van der Waals surface area contributed by atoms with E-state index in [0.29, 0.717) is 18.8 Å². The van der Waals surface area contributed by atoms with Gasteiger partial charge in [-0.2, -0.15) is 0 Å². The zero-order valence-corrected chi connectivity index (χ0v) is 13.2. The van der Waals surface area contributed by atoms with E-state index in [4.69, 9.17) is 0 Å². The summed E-state index contributed by atoms with van der Waals surface area (Å²) >= 11 is 0. The van der Waals surface area contributed by atoms with Crippen LogP contribution in [0.1, 0.15) is 20.3 Å². The number of rotatable bonds is 9. The van der Waals surface area contributed by atoms with Crippen molar-refractivity contribution in [2.45, 2.75) is 25.2 Å². The normalized spacial score (nSPS) is 11.8. The average Bonchev–Trinajstić information content (AvgIpc) is 2.46. The van der Waals surface area contributed by atoms with Gasteiger partial charge < -0.3 is 10.2 Å². The molecule has 20 heavy (non-hydrogen) atoms. The van der Waals surface area contributed by atoms with Crippen LogP contribution in [0.2, 0.25) is 0 Å². The molecule has 0 saturated carbocycles. The van der Waals surface area contributed by atoms with Crippen molar-refractivity contribution in [3.63, 3.8) is 0 Å². The molecule has 0 atom stereocenters. The summed E-state index contributed by atoms with van der Waals surface area (Å²) in [7, 11) is -1.83. The third kappa shape index (κ3) is 4.73. The Morgan fingerprint density at radius 3 is 2.65 bits per heavy atom. The van der Waals surface area contributed by atoms with E-state index in [0.717, 1.165) is 19.5 Å². The minimum absolute atomic E-state index is 0.182. The zero-order chi connectivity index (χ0) is 15.0. The Bertz CT molecular complexity index is 505. The first kappa shape index (κ1) is 16.9. The minimum Gasteiger partial charge on any atom is -0.387 e. The highest BCUT2D eigenvalue weighted by Crippen LogP contribution is 2.18. The summed E-state index contributed by atoms with van der Waals surface area (Å²) in [4.78, 5) is 6.27. The number of anilines is 1. The third-order valence-electron chi connectivity index (χ3n) is 3.05. The fourth-order valence-corrected chi connectivity index (χ4v) is 3.14. The average molecular weight is 300 g/mol. The molecule has 0 bridgehead atoms. The van der Waals surface area contributed by atoms with Crippen LogP contribution < -0.4 is 10.0 Å². The summed E-state index contributed by atoms with van der Waals surface area (Å²) in [5, 5.41) is 2.86. The summed E-state index contributed by atoms with van der Waals surface area (Å²) < 4.78 is 27.1. The van der Waals surface area contributed by atoms with Gasteiger partial charge >= 0.3 is 0 Å². The van der Waals surface area contributed by atoms with Gasteiger partial charge in [0.2, 0.25) is 10.0 Å². The van der Waals surface area contributed by atoms with Gasteiger partial charge in [-0.3, -0.25) is 4.98 Å². The molecular formula is C13H24N4O2S. The number of hydrogen-bond donors (Lipinski definition) is 2. The monoisotopic (exact) mass is 300 g/mol. The van der Waals surface area contributed by atoms with Crippen LogP contribution in [0.5, 0.6) is 0 Å². The van der Waals surface area contributed by atoms with Gasteiger partial charge in [0.25, 0.3) is 0 Å². The van der Waals surface area contributed by atoms with Gasteiger partial charge in [-0.25, -0.2) is 13.1 Å². The molecule has 0 saturated heterocycles. The first-order valence-corrected chi connectivity index (χ1v) is 8.37. The van der Waals surface area contributed by atoms with Crippen molar-refractivity contribution in [3.8, 4) is 0 Å². The lowest BCUT2D eigenvalue weighted by Gasteiger charge is -2.19. The summed E-state index contributed by atoms with van der Waals surface area (Å²) in [6, 6.07) is 1.64. The van der Waals surface area contributed by atoms with E-state index >= 15 is 0 Å². The van der Waals surface area contributed by atoms with Gasteiger partial charge in [0.05, 0.1) is 5.69 Å². The maximum absolute atomic E-state index is 12.2. The van der Waals surface area contributed by atoms with Crippen molar-refractivity contribution >= 4 is 15.7 Å². The molecule has 114 valence electrons. The highest BCUT2D eigenvalue weighted by Gasteiger charge is 2.18. The van der Waals surface area contributed by atoms with E-state index in [1.165, 1.54) is 6.20 Å². The van der Waals surface area contributed by atoms with E-state index in [-0.39, 0.29) is 4.90 Å². The third-order valence-corrected chi connectivity index (χ3v) is 4.54. The second kappa shape index (κ2) is 8.18. The molecule has 0 amide bonds. The van der Waals surface area contributed by atoms with Gasteiger partial charge in [-0.15, -0.1) is 0 Å². The van der Waals surface area contributed by atoms with E-state index in [1.807, 2.05) is 0 Å². The number of likely N-dealkylation sites (N-methyl/N-ethyl adjacent to an activating group) is 1. The van der Waals surface area contributed by atoms with E-state index < -0.39 is 10.0 Å². The van der Waals surface area contributed by atoms with E-state index in [2.05, 4.69) is 33.8 Å². The summed E-state index contributed by atoms with van der Waals surface area (Å²) in [6.45, 7) is 7.19. The Morgan fingerprint density at radius 2 is 2.05 bits per heavy atom. The topological polar surface area (TPSA) is 74.3 Å². The van der Waals surface area contributed by atoms with Gasteiger partial charge in [0, 0.05) is 32.5 Å². The van der Waals surface area contributed by atoms with Gasteiger partial charge in [-0.1, -0.05) is 13.8 Å². The molecule has 1 heterocycles. The summed E-state index contributed by atoms with van der Waals surface area (Å²) in [6.07, 6.45) is 3.98. The van der Waals surface area contributed by atoms with Crippen molar-refractivity contribution in [2.24, 2.45) is 0 Å². The van der Waals surface area contributed by atoms with E-state index in [9.17, 15) is 8.42 Å². The molecule has 0 radical (unpaired) electrons. The number of nitrogens with one attached hydrogen (secondary N) is 2. The maximum Gasteiger partial charge on any atom is 0.244 e. The molecule has 0 aliphatic carbocycles. The largest absolute Gasteiger partial charge is 0.387 e. The van der Waals surface area contributed by atoms with Gasteiger partial charge in [0.1, 0.15) is 4.90 Å². The molecule has 1 aromatic heterocycles. The molecule has 6 nitrogen and oxygen atoms in total. The standard InChI is InChI=1S/C13H24N4O2S/c1-4-9-17(5-2)10-8-16-20(18,19)13-11-15-7-6-12(13)14-3/h6-7,11,16H,4-5,8-10H2,1-3H3,(H,14,15). The molecule has 2 N–H and O–H groups in total. The molecule has 7 heteroatoms. The van der Waals surface area contributed by atoms with Crippen molar-refractivity contribution in [1.82, 2.24) is 14.6 Å². The predicted molar refractivity (Wildman–Crippen MR) is 81.4 cm³/mol. The van der Waals surface area contributed by atoms with Crippen LogP contribution in [0.25, 0.3) is 0 Å².